The molecule has 1 heterocycles. The first kappa shape index (κ1) is 24.1. The lowest BCUT2D eigenvalue weighted by atomic mass is 9.76. The molecule has 2 atom stereocenters. The molecule has 176 valence electrons. The van der Waals surface area contributed by atoms with Gasteiger partial charge in [0.15, 0.2) is 10.9 Å². The van der Waals surface area contributed by atoms with Gasteiger partial charge >= 0.3 is 5.97 Å². The van der Waals surface area contributed by atoms with E-state index in [0.29, 0.717) is 23.0 Å². The van der Waals surface area contributed by atoms with Crippen molar-refractivity contribution in [2.75, 3.05) is 18.6 Å². The molecule has 1 aromatic heterocycles. The Morgan fingerprint density at radius 3 is 2.59 bits per heavy atom. The molecular formula is C26H24ClFN2O3S. The first-order valence-corrected chi connectivity index (χ1v) is 12.1. The molecule has 2 aromatic carbocycles. The fraction of sp³-hybridized carbons (Fsp3) is 0.269. The maximum Gasteiger partial charge on any atom is 0.317 e. The summed E-state index contributed by atoms with van der Waals surface area (Å²) in [6.45, 7) is 2.51. The van der Waals surface area contributed by atoms with Gasteiger partial charge in [-0.1, -0.05) is 65.4 Å². The molecule has 1 aliphatic rings. The highest BCUT2D eigenvalue weighted by molar-refractivity contribution is 7.16. The first-order chi connectivity index (χ1) is 16.4. The van der Waals surface area contributed by atoms with Gasteiger partial charge in [-0.05, 0) is 48.3 Å². The smallest absolute Gasteiger partial charge is 0.317 e. The molecular weight excluding hydrogens is 475 g/mol. The molecule has 0 aliphatic heterocycles. The van der Waals surface area contributed by atoms with Gasteiger partial charge in [0.25, 0.3) is 0 Å². The van der Waals surface area contributed by atoms with Gasteiger partial charge in [0.2, 0.25) is 0 Å². The summed E-state index contributed by atoms with van der Waals surface area (Å²) in [5.74, 6) is -2.81. The van der Waals surface area contributed by atoms with Crippen molar-refractivity contribution in [2.45, 2.75) is 25.8 Å². The van der Waals surface area contributed by atoms with Crippen molar-refractivity contribution in [2.24, 2.45) is 5.92 Å². The predicted molar refractivity (Wildman–Crippen MR) is 133 cm³/mol. The molecule has 4 rings (SSSR count). The fourth-order valence-corrected chi connectivity index (χ4v) is 5.56. The first-order valence-electron chi connectivity index (χ1n) is 11.0. The molecule has 5 nitrogen and oxygen atoms in total. The molecule has 0 N–H and O–H groups in total. The number of halogens is 2. The minimum atomic E-state index is -1.01. The van der Waals surface area contributed by atoms with Crippen molar-refractivity contribution in [3.8, 4) is 0 Å². The maximum absolute atomic E-state index is 13.4. The highest BCUT2D eigenvalue weighted by atomic mass is 35.5. The van der Waals surface area contributed by atoms with Crippen molar-refractivity contribution < 1.29 is 18.7 Å². The van der Waals surface area contributed by atoms with E-state index in [4.69, 9.17) is 16.3 Å². The van der Waals surface area contributed by atoms with Crippen LogP contribution >= 0.6 is 22.9 Å². The van der Waals surface area contributed by atoms with Crippen molar-refractivity contribution in [3.63, 3.8) is 0 Å². The van der Waals surface area contributed by atoms with Crippen LogP contribution < -0.4 is 4.90 Å². The van der Waals surface area contributed by atoms with Crippen LogP contribution in [0.15, 0.2) is 60.7 Å². The van der Waals surface area contributed by atoms with E-state index in [1.807, 2.05) is 42.3 Å². The van der Waals surface area contributed by atoms with Crippen LogP contribution in [0.3, 0.4) is 0 Å². The Hall–Kier alpha value is -3.03. The molecule has 0 saturated heterocycles. The summed E-state index contributed by atoms with van der Waals surface area (Å²) >= 11 is 7.94. The molecule has 8 heteroatoms. The summed E-state index contributed by atoms with van der Waals surface area (Å²) in [7, 11) is 1.92. The summed E-state index contributed by atoms with van der Waals surface area (Å²) < 4.78 is 18.7. The average Bonchev–Trinajstić information content (AvgIpc) is 3.21. The van der Waals surface area contributed by atoms with E-state index in [1.165, 1.54) is 29.5 Å². The number of benzene rings is 2. The van der Waals surface area contributed by atoms with Gasteiger partial charge < -0.3 is 9.64 Å². The third-order valence-electron chi connectivity index (χ3n) is 5.75. The Morgan fingerprint density at radius 1 is 1.21 bits per heavy atom. The van der Waals surface area contributed by atoms with Crippen LogP contribution in [-0.4, -0.2) is 30.4 Å². The zero-order chi connectivity index (χ0) is 24.2. The van der Waals surface area contributed by atoms with Gasteiger partial charge in [-0.15, -0.1) is 0 Å². The molecule has 0 saturated carbocycles. The number of hydrogen-bond acceptors (Lipinski definition) is 6. The van der Waals surface area contributed by atoms with Gasteiger partial charge in [0.05, 0.1) is 11.5 Å². The zero-order valence-corrected chi connectivity index (χ0v) is 20.4. The third-order valence-corrected chi connectivity index (χ3v) is 7.45. The fourth-order valence-electron chi connectivity index (χ4n) is 4.11. The van der Waals surface area contributed by atoms with Gasteiger partial charge in [0.1, 0.15) is 16.9 Å². The quantitative estimate of drug-likeness (QED) is 0.300. The number of anilines is 1. The third kappa shape index (κ3) is 5.21. The molecule has 0 fully saturated rings. The second-order valence-corrected chi connectivity index (χ2v) is 9.48. The van der Waals surface area contributed by atoms with Gasteiger partial charge in [-0.2, -0.15) is 0 Å². The van der Waals surface area contributed by atoms with E-state index in [0.717, 1.165) is 16.7 Å². The second-order valence-electron chi connectivity index (χ2n) is 8.11. The van der Waals surface area contributed by atoms with Gasteiger partial charge in [0, 0.05) is 19.5 Å². The van der Waals surface area contributed by atoms with E-state index < -0.39 is 17.8 Å². The lowest BCUT2D eigenvalue weighted by Crippen LogP contribution is -2.33. The topological polar surface area (TPSA) is 59.5 Å². The van der Waals surface area contributed by atoms with E-state index in [9.17, 15) is 14.0 Å². The molecule has 0 amide bonds. The van der Waals surface area contributed by atoms with Crippen molar-refractivity contribution in [1.29, 1.82) is 0 Å². The summed E-state index contributed by atoms with van der Waals surface area (Å²) in [6.07, 6.45) is 1.84. The zero-order valence-electron chi connectivity index (χ0n) is 18.8. The van der Waals surface area contributed by atoms with Crippen molar-refractivity contribution in [1.82, 2.24) is 4.98 Å². The van der Waals surface area contributed by atoms with Gasteiger partial charge in [-0.25, -0.2) is 9.37 Å². The largest absolute Gasteiger partial charge is 0.465 e. The maximum atomic E-state index is 13.4. The van der Waals surface area contributed by atoms with Crippen LogP contribution in [0.1, 0.15) is 35.3 Å². The second kappa shape index (κ2) is 10.5. The summed E-state index contributed by atoms with van der Waals surface area (Å²) in [5, 5.41) is 0.962. The number of carbonyl (C=O) groups excluding carboxylic acids is 2. The predicted octanol–water partition coefficient (Wildman–Crippen LogP) is 5.89. The number of ketones is 1. The molecule has 0 spiro atoms. The lowest BCUT2D eigenvalue weighted by molar-refractivity contribution is -0.151. The number of carbonyl (C=O) groups is 2. The van der Waals surface area contributed by atoms with Crippen LogP contribution in [0.25, 0.3) is 5.57 Å². The van der Waals surface area contributed by atoms with E-state index in [-0.39, 0.29) is 23.4 Å². The van der Waals surface area contributed by atoms with E-state index in [1.54, 1.807) is 19.1 Å². The number of ether oxygens (including phenoxy) is 1. The number of aromatic nitrogens is 1. The normalized spacial score (nSPS) is 17.9. The Balaban J connectivity index is 1.68. The number of thiazole rings is 1. The van der Waals surface area contributed by atoms with Crippen molar-refractivity contribution >= 4 is 45.4 Å². The van der Waals surface area contributed by atoms with Crippen LogP contribution in [0.4, 0.5) is 9.52 Å². The molecule has 0 bridgehead atoms. The average molecular weight is 499 g/mol. The van der Waals surface area contributed by atoms with Gasteiger partial charge in [-0.3, -0.25) is 9.59 Å². The number of rotatable bonds is 7. The highest BCUT2D eigenvalue weighted by Crippen LogP contribution is 2.46. The summed E-state index contributed by atoms with van der Waals surface area (Å²) in [4.78, 5) is 33.1. The number of nitrogens with zero attached hydrogens (tertiary/aromatic N) is 2. The van der Waals surface area contributed by atoms with E-state index in [2.05, 4.69) is 4.98 Å². The minimum Gasteiger partial charge on any atom is -0.465 e. The SMILES string of the molecule is CCOC(=O)C1C(=O)C=C(c2ccc(F)cc2)CC1c1sc(N(C)Cc2ccccc2)nc1Cl. The Bertz CT molecular complexity index is 1210. The monoisotopic (exact) mass is 498 g/mol. The van der Waals surface area contributed by atoms with Crippen LogP contribution in [0.5, 0.6) is 0 Å². The van der Waals surface area contributed by atoms with Crippen LogP contribution in [-0.2, 0) is 20.9 Å². The summed E-state index contributed by atoms with van der Waals surface area (Å²) in [5.41, 5.74) is 2.57. The Kier molecular flexibility index (Phi) is 7.44. The molecule has 34 heavy (non-hydrogen) atoms. The minimum absolute atomic E-state index is 0.172. The molecule has 1 aliphatic carbocycles. The van der Waals surface area contributed by atoms with Crippen molar-refractivity contribution in [3.05, 3.63) is 87.6 Å². The molecule has 2 unspecified atom stereocenters. The molecule has 0 radical (unpaired) electrons. The highest BCUT2D eigenvalue weighted by Gasteiger charge is 2.42. The molecule has 3 aromatic rings. The van der Waals surface area contributed by atoms with Crippen LogP contribution in [0, 0.1) is 11.7 Å². The Morgan fingerprint density at radius 2 is 1.91 bits per heavy atom. The standard InChI is InChI=1S/C26H24ClFN2O3S/c1-3-33-25(32)22-20(13-18(14-21(22)31)17-9-11-19(28)12-10-17)23-24(27)29-26(34-23)30(2)15-16-7-5-4-6-8-16/h4-12,14,20,22H,3,13,15H2,1-2H3. The number of hydrogen-bond donors (Lipinski definition) is 0. The lowest BCUT2D eigenvalue weighted by Gasteiger charge is -2.28. The van der Waals surface area contributed by atoms with Crippen LogP contribution in [0.2, 0.25) is 5.15 Å². The van der Waals surface area contributed by atoms with E-state index >= 15 is 0 Å². The summed E-state index contributed by atoms with van der Waals surface area (Å²) in [6, 6.07) is 15.9. The number of esters is 1. The number of allylic oxidation sites excluding steroid dienone is 2. The Labute approximate surface area is 206 Å².